The molecule has 4 heterocycles. The van der Waals surface area contributed by atoms with Crippen molar-refractivity contribution in [1.29, 1.82) is 0 Å². The Morgan fingerprint density at radius 2 is 1.66 bits per heavy atom. The standard InChI is InChI=1S/C37H44FN5O3S/c1-3-39-47(45,46)36-22-28(13-16-32(36)38)37(44)42-20-18-26(21-35(42)27-9-5-4-6-10-27)17-19-41-29-14-15-30(41)24-31(23-29)43-25(2)40-33-11-7-8-12-34(33)43/h4-13,16,22,26,29-31,35,39H,3,14-15,17-21,23-24H2,1-2H3/t26?,29-,30+,31?,35?. The number of amides is 1. The zero-order chi connectivity index (χ0) is 32.7. The lowest BCUT2D eigenvalue weighted by molar-refractivity contribution is 0.0498. The molecule has 3 aromatic carbocycles. The molecule has 3 fully saturated rings. The summed E-state index contributed by atoms with van der Waals surface area (Å²) in [5.74, 6) is 0.424. The predicted octanol–water partition coefficient (Wildman–Crippen LogP) is 6.63. The molecular weight excluding hydrogens is 614 g/mol. The van der Waals surface area contributed by atoms with Gasteiger partial charge in [0, 0.05) is 36.8 Å². The molecule has 3 saturated heterocycles. The number of hydrogen-bond donors (Lipinski definition) is 1. The number of aryl methyl sites for hydroxylation is 1. The van der Waals surface area contributed by atoms with Gasteiger partial charge < -0.3 is 9.47 Å². The fourth-order valence-corrected chi connectivity index (χ4v) is 9.73. The number of sulfonamides is 1. The number of aromatic nitrogens is 2. The molecule has 3 aliphatic rings. The van der Waals surface area contributed by atoms with Crippen molar-refractivity contribution in [1.82, 2.24) is 24.1 Å². The van der Waals surface area contributed by atoms with E-state index in [1.54, 1.807) is 6.92 Å². The first kappa shape index (κ1) is 32.0. The molecule has 1 N–H and O–H groups in total. The number of halogens is 1. The summed E-state index contributed by atoms with van der Waals surface area (Å²) in [7, 11) is -4.06. The van der Waals surface area contributed by atoms with Gasteiger partial charge in [0.1, 0.15) is 16.5 Å². The van der Waals surface area contributed by atoms with Crippen molar-refractivity contribution in [2.75, 3.05) is 19.6 Å². The van der Waals surface area contributed by atoms with Crippen molar-refractivity contribution in [3.05, 3.63) is 95.6 Å². The average molecular weight is 658 g/mol. The largest absolute Gasteiger partial charge is 0.332 e. The SMILES string of the molecule is CCNS(=O)(=O)c1cc(C(=O)N2CCC(CCN3[C@@H]4CC[C@H]3CC(n3c(C)nc5ccccc53)C4)CC2c2ccccc2)ccc1F. The zero-order valence-corrected chi connectivity index (χ0v) is 28.0. The first-order valence-corrected chi connectivity index (χ1v) is 18.6. The summed E-state index contributed by atoms with van der Waals surface area (Å²) in [5.41, 5.74) is 3.57. The van der Waals surface area contributed by atoms with E-state index in [1.807, 2.05) is 23.1 Å². The summed E-state index contributed by atoms with van der Waals surface area (Å²) >= 11 is 0. The Morgan fingerprint density at radius 1 is 0.936 bits per heavy atom. The van der Waals surface area contributed by atoms with Crippen LogP contribution >= 0.6 is 0 Å². The van der Waals surface area contributed by atoms with Crippen LogP contribution in [-0.4, -0.2) is 65.4 Å². The second-order valence-corrected chi connectivity index (χ2v) is 15.3. The molecule has 8 nitrogen and oxygen atoms in total. The number of carbonyl (C=O) groups is 1. The molecule has 47 heavy (non-hydrogen) atoms. The van der Waals surface area contributed by atoms with Gasteiger partial charge in [0.25, 0.3) is 5.91 Å². The van der Waals surface area contributed by atoms with Gasteiger partial charge in [-0.2, -0.15) is 0 Å². The molecule has 3 aliphatic heterocycles. The summed E-state index contributed by atoms with van der Waals surface area (Å²) in [6.07, 6.45) is 7.60. The minimum atomic E-state index is -4.06. The van der Waals surface area contributed by atoms with Crippen LogP contribution in [0.15, 0.2) is 77.7 Å². The van der Waals surface area contributed by atoms with Crippen LogP contribution in [-0.2, 0) is 10.0 Å². The Kier molecular flexibility index (Phi) is 8.93. The molecule has 1 amide bonds. The summed E-state index contributed by atoms with van der Waals surface area (Å²) in [6.45, 7) is 5.53. The van der Waals surface area contributed by atoms with Crippen LogP contribution in [0.3, 0.4) is 0 Å². The molecule has 0 aliphatic carbocycles. The number of fused-ring (bicyclic) bond motifs is 3. The van der Waals surface area contributed by atoms with E-state index in [-0.39, 0.29) is 24.1 Å². The van der Waals surface area contributed by atoms with Gasteiger partial charge in [-0.15, -0.1) is 0 Å². The van der Waals surface area contributed by atoms with Gasteiger partial charge in [-0.3, -0.25) is 9.69 Å². The van der Waals surface area contributed by atoms with Crippen LogP contribution < -0.4 is 4.72 Å². The maximum atomic E-state index is 14.6. The van der Waals surface area contributed by atoms with E-state index in [9.17, 15) is 17.6 Å². The highest BCUT2D eigenvalue weighted by Crippen LogP contribution is 2.44. The third-order valence-electron chi connectivity index (χ3n) is 10.8. The minimum Gasteiger partial charge on any atom is -0.332 e. The molecule has 3 unspecified atom stereocenters. The van der Waals surface area contributed by atoms with Crippen molar-refractivity contribution >= 4 is 27.0 Å². The highest BCUT2D eigenvalue weighted by Gasteiger charge is 2.42. The number of piperidine rings is 2. The number of rotatable bonds is 9. The average Bonchev–Trinajstić information content (AvgIpc) is 3.53. The second kappa shape index (κ2) is 13.1. The molecule has 1 aromatic heterocycles. The molecule has 7 rings (SSSR count). The van der Waals surface area contributed by atoms with Crippen LogP contribution in [0.2, 0.25) is 0 Å². The number of benzene rings is 3. The van der Waals surface area contributed by atoms with Crippen molar-refractivity contribution in [2.45, 2.75) is 87.9 Å². The van der Waals surface area contributed by atoms with Crippen molar-refractivity contribution < 1.29 is 17.6 Å². The molecule has 0 spiro atoms. The van der Waals surface area contributed by atoms with Gasteiger partial charge >= 0.3 is 0 Å². The van der Waals surface area contributed by atoms with Crippen LogP contribution in [0.25, 0.3) is 11.0 Å². The summed E-state index contributed by atoms with van der Waals surface area (Å²) in [6, 6.07) is 23.7. The van der Waals surface area contributed by atoms with E-state index in [0.717, 1.165) is 61.6 Å². The molecule has 248 valence electrons. The fraction of sp³-hybridized carbons (Fsp3) is 0.459. The van der Waals surface area contributed by atoms with E-state index >= 15 is 0 Å². The fourth-order valence-electron chi connectivity index (χ4n) is 8.59. The lowest BCUT2D eigenvalue weighted by Crippen LogP contribution is -2.45. The molecule has 10 heteroatoms. The summed E-state index contributed by atoms with van der Waals surface area (Å²) < 4.78 is 44.7. The van der Waals surface area contributed by atoms with Crippen molar-refractivity contribution in [3.8, 4) is 0 Å². The Labute approximate surface area is 277 Å². The highest BCUT2D eigenvalue weighted by atomic mass is 32.2. The number of imidazole rings is 1. The van der Waals surface area contributed by atoms with E-state index in [1.165, 1.54) is 30.5 Å². The lowest BCUT2D eigenvalue weighted by Gasteiger charge is -2.43. The zero-order valence-electron chi connectivity index (χ0n) is 27.2. The molecule has 4 aromatic rings. The van der Waals surface area contributed by atoms with Crippen LogP contribution in [0, 0.1) is 18.7 Å². The topological polar surface area (TPSA) is 87.5 Å². The third-order valence-corrected chi connectivity index (χ3v) is 12.3. The van der Waals surface area contributed by atoms with Gasteiger partial charge in [-0.05, 0) is 100 Å². The maximum absolute atomic E-state index is 14.6. The number of nitrogens with zero attached hydrogens (tertiary/aromatic N) is 4. The number of para-hydroxylation sites is 2. The number of hydrogen-bond acceptors (Lipinski definition) is 5. The van der Waals surface area contributed by atoms with Crippen LogP contribution in [0.4, 0.5) is 4.39 Å². The van der Waals surface area contributed by atoms with E-state index in [2.05, 4.69) is 57.5 Å². The Hall–Kier alpha value is -3.60. The van der Waals surface area contributed by atoms with Gasteiger partial charge in [0.05, 0.1) is 17.1 Å². The Bertz CT molecular complexity index is 1850. The number of carbonyl (C=O) groups excluding carboxylic acids is 1. The van der Waals surface area contributed by atoms with Gasteiger partial charge in [-0.25, -0.2) is 22.5 Å². The molecule has 0 radical (unpaired) electrons. The summed E-state index contributed by atoms with van der Waals surface area (Å²) in [5, 5.41) is 0. The smallest absolute Gasteiger partial charge is 0.254 e. The highest BCUT2D eigenvalue weighted by molar-refractivity contribution is 7.89. The molecule has 0 saturated carbocycles. The third kappa shape index (κ3) is 6.23. The van der Waals surface area contributed by atoms with Gasteiger partial charge in [0.2, 0.25) is 10.0 Å². The first-order valence-electron chi connectivity index (χ1n) is 17.1. The number of likely N-dealkylation sites (tertiary alicyclic amines) is 1. The summed E-state index contributed by atoms with van der Waals surface area (Å²) in [4.78, 5) is 22.9. The first-order chi connectivity index (χ1) is 22.7. The lowest BCUT2D eigenvalue weighted by atomic mass is 9.84. The van der Waals surface area contributed by atoms with E-state index in [4.69, 9.17) is 4.98 Å². The van der Waals surface area contributed by atoms with Crippen molar-refractivity contribution in [3.63, 3.8) is 0 Å². The molecular formula is C37H44FN5O3S. The van der Waals surface area contributed by atoms with Crippen LogP contribution in [0.5, 0.6) is 0 Å². The Balaban J connectivity index is 1.05. The molecule has 5 atom stereocenters. The molecule has 2 bridgehead atoms. The van der Waals surface area contributed by atoms with E-state index < -0.39 is 20.7 Å². The van der Waals surface area contributed by atoms with Crippen molar-refractivity contribution in [2.24, 2.45) is 5.92 Å². The maximum Gasteiger partial charge on any atom is 0.254 e. The van der Waals surface area contributed by atoms with Crippen LogP contribution in [0.1, 0.15) is 85.7 Å². The quantitative estimate of drug-likeness (QED) is 0.218. The number of nitrogens with one attached hydrogen (secondary N) is 1. The second-order valence-electron chi connectivity index (χ2n) is 13.5. The predicted molar refractivity (Wildman–Crippen MR) is 181 cm³/mol. The van der Waals surface area contributed by atoms with E-state index in [0.29, 0.717) is 30.6 Å². The monoisotopic (exact) mass is 657 g/mol. The Morgan fingerprint density at radius 3 is 2.40 bits per heavy atom. The van der Waals surface area contributed by atoms with Gasteiger partial charge in [-0.1, -0.05) is 49.4 Å². The normalized spacial score (nSPS) is 25.0. The van der Waals surface area contributed by atoms with Gasteiger partial charge in [0.15, 0.2) is 0 Å². The minimum absolute atomic E-state index is 0.129.